The number of aromatic nitrogens is 2. The number of carbonyl (C=O) groups is 1. The van der Waals surface area contributed by atoms with Crippen molar-refractivity contribution in [3.05, 3.63) is 118 Å². The molecule has 0 N–H and O–H groups in total. The Morgan fingerprint density at radius 2 is 1.60 bits per heavy atom. The van der Waals surface area contributed by atoms with Crippen molar-refractivity contribution in [2.75, 3.05) is 13.1 Å². The van der Waals surface area contributed by atoms with E-state index in [1.54, 1.807) is 0 Å². The minimum atomic E-state index is -0.331. The molecule has 178 valence electrons. The lowest BCUT2D eigenvalue weighted by atomic mass is 9.71. The van der Waals surface area contributed by atoms with Gasteiger partial charge in [0, 0.05) is 30.6 Å². The van der Waals surface area contributed by atoms with Gasteiger partial charge in [0.2, 0.25) is 5.89 Å². The Hall–Kier alpha value is -3.28. The minimum Gasteiger partial charge on any atom is -0.339 e. The van der Waals surface area contributed by atoms with Gasteiger partial charge in [-0.3, -0.25) is 4.90 Å². The van der Waals surface area contributed by atoms with E-state index in [0.29, 0.717) is 23.8 Å². The number of nitrogens with zero attached hydrogens (tertiary/aromatic N) is 3. The maximum absolute atomic E-state index is 11.5. The van der Waals surface area contributed by atoms with E-state index in [1.807, 2.05) is 48.5 Å². The van der Waals surface area contributed by atoms with Gasteiger partial charge in [-0.25, -0.2) is 0 Å². The Morgan fingerprint density at radius 1 is 0.943 bits per heavy atom. The molecule has 0 radical (unpaired) electrons. The summed E-state index contributed by atoms with van der Waals surface area (Å²) in [5.74, 6) is 1.34. The predicted octanol–water partition coefficient (Wildman–Crippen LogP) is 6.03. The van der Waals surface area contributed by atoms with E-state index >= 15 is 0 Å². The molecule has 1 aromatic heterocycles. The number of benzene rings is 3. The number of rotatable bonds is 8. The highest BCUT2D eigenvalue weighted by atomic mass is 35.5. The summed E-state index contributed by atoms with van der Waals surface area (Å²) in [6.45, 7) is 1.67. The van der Waals surface area contributed by atoms with E-state index in [4.69, 9.17) is 21.1 Å². The largest absolute Gasteiger partial charge is 0.339 e. The first-order valence-corrected chi connectivity index (χ1v) is 12.4. The lowest BCUT2D eigenvalue weighted by Crippen LogP contribution is -2.45. The summed E-state index contributed by atoms with van der Waals surface area (Å²) < 4.78 is 5.73. The topological polar surface area (TPSA) is 59.2 Å². The molecule has 1 aliphatic heterocycles. The van der Waals surface area contributed by atoms with Crippen LogP contribution >= 0.6 is 11.6 Å². The van der Waals surface area contributed by atoms with Gasteiger partial charge in [-0.1, -0.05) is 89.6 Å². The van der Waals surface area contributed by atoms with Crippen molar-refractivity contribution in [2.45, 2.75) is 37.1 Å². The molecule has 1 saturated heterocycles. The number of aldehydes is 1. The Kier molecular flexibility index (Phi) is 7.07. The summed E-state index contributed by atoms with van der Waals surface area (Å²) in [5, 5.41) is 5.19. The second-order valence-electron chi connectivity index (χ2n) is 9.13. The van der Waals surface area contributed by atoms with Gasteiger partial charge in [-0.2, -0.15) is 4.98 Å². The van der Waals surface area contributed by atoms with E-state index < -0.39 is 0 Å². The number of likely N-dealkylation sites (tertiary alicyclic amines) is 1. The van der Waals surface area contributed by atoms with Crippen LogP contribution in [0.2, 0.25) is 5.02 Å². The monoisotopic (exact) mass is 485 g/mol. The van der Waals surface area contributed by atoms with Crippen LogP contribution in [0.3, 0.4) is 0 Å². The molecule has 5 nitrogen and oxygen atoms in total. The van der Waals surface area contributed by atoms with Crippen molar-refractivity contribution in [1.82, 2.24) is 15.0 Å². The summed E-state index contributed by atoms with van der Waals surface area (Å²) in [6, 6.07) is 28.6. The second kappa shape index (κ2) is 10.5. The third-order valence-corrected chi connectivity index (χ3v) is 7.34. The summed E-state index contributed by atoms with van der Waals surface area (Å²) in [5.41, 5.74) is 3.12. The van der Waals surface area contributed by atoms with E-state index in [2.05, 4.69) is 46.5 Å². The summed E-state index contributed by atoms with van der Waals surface area (Å²) in [4.78, 5) is 18.8. The molecule has 1 unspecified atom stereocenters. The standard InChI is InChI=1S/C29H28ClN3O2/c30-25-13-11-22(12-14-25)21-27-31-28(32-35-27)29(24-9-5-2-6-10-24)16-18-33(19-17-29)26(15-20-34)23-7-3-1-4-8-23/h1-14,20,26H,15-19,21H2. The van der Waals surface area contributed by atoms with Gasteiger partial charge in [0.05, 0.1) is 11.8 Å². The van der Waals surface area contributed by atoms with Gasteiger partial charge in [-0.15, -0.1) is 0 Å². The fourth-order valence-corrected chi connectivity index (χ4v) is 5.30. The lowest BCUT2D eigenvalue weighted by Gasteiger charge is -2.43. The number of piperidine rings is 1. The lowest BCUT2D eigenvalue weighted by molar-refractivity contribution is -0.109. The fourth-order valence-electron chi connectivity index (χ4n) is 5.18. The molecule has 3 aromatic carbocycles. The number of hydrogen-bond acceptors (Lipinski definition) is 5. The smallest absolute Gasteiger partial charge is 0.231 e. The summed E-state index contributed by atoms with van der Waals surface area (Å²) >= 11 is 6.02. The van der Waals surface area contributed by atoms with Crippen LogP contribution in [0, 0.1) is 0 Å². The Bertz CT molecular complexity index is 1230. The molecule has 0 saturated carbocycles. The molecule has 35 heavy (non-hydrogen) atoms. The van der Waals surface area contributed by atoms with Crippen molar-refractivity contribution >= 4 is 17.9 Å². The molecule has 0 amide bonds. The molecule has 4 aromatic rings. The molecular weight excluding hydrogens is 458 g/mol. The van der Waals surface area contributed by atoms with Gasteiger partial charge < -0.3 is 9.32 Å². The van der Waals surface area contributed by atoms with Crippen molar-refractivity contribution < 1.29 is 9.32 Å². The third-order valence-electron chi connectivity index (χ3n) is 7.09. The highest BCUT2D eigenvalue weighted by Crippen LogP contribution is 2.42. The van der Waals surface area contributed by atoms with Crippen molar-refractivity contribution in [1.29, 1.82) is 0 Å². The Labute approximate surface area is 210 Å². The van der Waals surface area contributed by atoms with Crippen molar-refractivity contribution in [2.24, 2.45) is 0 Å². The molecule has 2 heterocycles. The predicted molar refractivity (Wildman–Crippen MR) is 136 cm³/mol. The SMILES string of the molecule is O=CCC(c1ccccc1)N1CCC(c2ccccc2)(c2noc(Cc3ccc(Cl)cc3)n2)CC1. The zero-order valence-corrected chi connectivity index (χ0v) is 20.3. The highest BCUT2D eigenvalue weighted by Gasteiger charge is 2.43. The minimum absolute atomic E-state index is 0.0770. The van der Waals surface area contributed by atoms with Crippen LogP contribution in [0.25, 0.3) is 0 Å². The van der Waals surface area contributed by atoms with Crippen molar-refractivity contribution in [3.63, 3.8) is 0 Å². The van der Waals surface area contributed by atoms with Crippen LogP contribution in [0.1, 0.15) is 53.7 Å². The first kappa shape index (κ1) is 23.5. The van der Waals surface area contributed by atoms with Gasteiger partial charge in [0.25, 0.3) is 0 Å². The van der Waals surface area contributed by atoms with Crippen molar-refractivity contribution in [3.8, 4) is 0 Å². The number of halogens is 1. The van der Waals surface area contributed by atoms with Gasteiger partial charge in [0.15, 0.2) is 5.82 Å². The molecule has 0 bridgehead atoms. The fraction of sp³-hybridized carbons (Fsp3) is 0.276. The second-order valence-corrected chi connectivity index (χ2v) is 9.56. The third kappa shape index (κ3) is 5.07. The molecule has 0 aliphatic carbocycles. The Balaban J connectivity index is 1.41. The van der Waals surface area contributed by atoms with Crippen LogP contribution in [-0.4, -0.2) is 34.4 Å². The zero-order valence-electron chi connectivity index (χ0n) is 19.5. The quantitative estimate of drug-likeness (QED) is 0.285. The van der Waals surface area contributed by atoms with E-state index in [9.17, 15) is 4.79 Å². The van der Waals surface area contributed by atoms with E-state index in [0.717, 1.165) is 43.6 Å². The van der Waals surface area contributed by atoms with Gasteiger partial charge in [-0.05, 0) is 41.7 Å². The first-order chi connectivity index (χ1) is 17.2. The maximum atomic E-state index is 11.5. The van der Waals surface area contributed by atoms with Gasteiger partial charge in [0.1, 0.15) is 6.29 Å². The van der Waals surface area contributed by atoms with E-state index in [1.165, 1.54) is 11.1 Å². The highest BCUT2D eigenvalue weighted by molar-refractivity contribution is 6.30. The Morgan fingerprint density at radius 3 is 2.26 bits per heavy atom. The molecule has 1 fully saturated rings. The average Bonchev–Trinajstić information content (AvgIpc) is 3.39. The number of hydrogen-bond donors (Lipinski definition) is 0. The average molecular weight is 486 g/mol. The summed E-state index contributed by atoms with van der Waals surface area (Å²) in [6.07, 6.45) is 3.77. The molecule has 0 spiro atoms. The number of carbonyl (C=O) groups excluding carboxylic acids is 1. The first-order valence-electron chi connectivity index (χ1n) is 12.0. The molecule has 1 atom stereocenters. The molecular formula is C29H28ClN3O2. The van der Waals surface area contributed by atoms with Crippen LogP contribution in [-0.2, 0) is 16.6 Å². The maximum Gasteiger partial charge on any atom is 0.231 e. The molecule has 6 heteroatoms. The van der Waals surface area contributed by atoms with Gasteiger partial charge >= 0.3 is 0 Å². The van der Waals surface area contributed by atoms with Crippen LogP contribution in [0.15, 0.2) is 89.5 Å². The molecule has 5 rings (SSSR count). The summed E-state index contributed by atoms with van der Waals surface area (Å²) in [7, 11) is 0. The normalized spacial score (nSPS) is 16.6. The van der Waals surface area contributed by atoms with Crippen LogP contribution < -0.4 is 0 Å². The van der Waals surface area contributed by atoms with Crippen LogP contribution in [0.5, 0.6) is 0 Å². The van der Waals surface area contributed by atoms with Crippen LogP contribution in [0.4, 0.5) is 0 Å². The molecule has 1 aliphatic rings. The van der Waals surface area contributed by atoms with E-state index in [-0.39, 0.29) is 11.5 Å². The zero-order chi connectivity index (χ0) is 24.1.